The molecule has 0 fully saturated rings. The number of benzene rings is 2. The second kappa shape index (κ2) is 14.1. The van der Waals surface area contributed by atoms with Gasteiger partial charge in [-0.25, -0.2) is 9.79 Å². The number of amides is 3. The molecule has 0 aliphatic rings. The Kier molecular flexibility index (Phi) is 11.1. The molecule has 0 spiro atoms. The highest BCUT2D eigenvalue weighted by atomic mass is 79.9. The van der Waals surface area contributed by atoms with E-state index in [1.165, 1.54) is 11.5 Å². The van der Waals surface area contributed by atoms with E-state index in [9.17, 15) is 14.4 Å². The molecule has 2 aromatic carbocycles. The van der Waals surface area contributed by atoms with Gasteiger partial charge in [0.15, 0.2) is 0 Å². The summed E-state index contributed by atoms with van der Waals surface area (Å²) >= 11 is 16.9. The van der Waals surface area contributed by atoms with Crippen LogP contribution in [0, 0.1) is 6.92 Å². The van der Waals surface area contributed by atoms with E-state index in [2.05, 4.69) is 41.2 Å². The number of nitrogens with one attached hydrogen (secondary N) is 3. The van der Waals surface area contributed by atoms with Crippen LogP contribution in [0.4, 0.5) is 10.5 Å². The minimum atomic E-state index is -0.809. The summed E-state index contributed by atoms with van der Waals surface area (Å²) in [5.74, 6) is -0.333. The van der Waals surface area contributed by atoms with Crippen LogP contribution >= 0.6 is 50.7 Å². The van der Waals surface area contributed by atoms with Gasteiger partial charge in [0.2, 0.25) is 11.9 Å². The number of anilines is 1. The van der Waals surface area contributed by atoms with Gasteiger partial charge in [0.05, 0.1) is 46.0 Å². The van der Waals surface area contributed by atoms with Gasteiger partial charge in [-0.2, -0.15) is 4.37 Å². The van der Waals surface area contributed by atoms with Gasteiger partial charge in [0.25, 0.3) is 5.91 Å². The van der Waals surface area contributed by atoms with Crippen molar-refractivity contribution in [3.8, 4) is 17.0 Å². The largest absolute Gasteiger partial charge is 0.497 e. The van der Waals surface area contributed by atoms with Crippen molar-refractivity contribution in [1.29, 1.82) is 0 Å². The second-order valence-corrected chi connectivity index (χ2v) is 11.9. The Bertz CT molecular complexity index is 1450. The Morgan fingerprint density at radius 1 is 1.07 bits per heavy atom. The average Bonchev–Trinajstić information content (AvgIpc) is 3.29. The van der Waals surface area contributed by atoms with E-state index in [-0.39, 0.29) is 39.5 Å². The lowest BCUT2D eigenvalue weighted by atomic mass is 10.1. The number of carbonyl (C=O) groups excluding carboxylic acids is 3. The number of rotatable bonds is 7. The van der Waals surface area contributed by atoms with Gasteiger partial charge in [-0.1, -0.05) is 39.1 Å². The zero-order chi connectivity index (χ0) is 30.3. The van der Waals surface area contributed by atoms with Crippen molar-refractivity contribution in [3.05, 3.63) is 62.4 Å². The molecule has 0 aliphatic heterocycles. The van der Waals surface area contributed by atoms with Crippen molar-refractivity contribution < 1.29 is 23.9 Å². The number of halogens is 3. The predicted octanol–water partition coefficient (Wildman–Crippen LogP) is 6.58. The van der Waals surface area contributed by atoms with Crippen molar-refractivity contribution in [1.82, 2.24) is 15.0 Å². The number of methoxy groups -OCH3 is 1. The molecule has 0 bridgehead atoms. The number of nitrogens with zero attached hydrogens (tertiary/aromatic N) is 2. The molecule has 10 nitrogen and oxygen atoms in total. The van der Waals surface area contributed by atoms with Crippen LogP contribution in [-0.2, 0) is 16.1 Å². The third-order valence-electron chi connectivity index (χ3n) is 5.21. The van der Waals surface area contributed by atoms with Crippen molar-refractivity contribution in [2.75, 3.05) is 17.8 Å². The van der Waals surface area contributed by atoms with Crippen LogP contribution in [0.1, 0.15) is 41.6 Å². The number of alkyl halides is 1. The lowest BCUT2D eigenvalue weighted by Gasteiger charge is -2.20. The lowest BCUT2D eigenvalue weighted by Crippen LogP contribution is -2.46. The van der Waals surface area contributed by atoms with E-state index in [0.717, 1.165) is 5.56 Å². The number of aromatic nitrogens is 1. The molecule has 218 valence electrons. The topological polar surface area (TPSA) is 131 Å². The molecule has 1 aromatic heterocycles. The quantitative estimate of drug-likeness (QED) is 0.146. The van der Waals surface area contributed by atoms with Gasteiger partial charge in [0, 0.05) is 10.4 Å². The third-order valence-corrected chi connectivity index (χ3v) is 7.07. The number of alkyl carbamates (subject to hydrolysis) is 1. The maximum absolute atomic E-state index is 13.5. The summed E-state index contributed by atoms with van der Waals surface area (Å²) in [4.78, 5) is 42.9. The minimum absolute atomic E-state index is 0.0241. The molecule has 0 radical (unpaired) electrons. The SMILES string of the molecule is COc1ccc(-c2nsc(C)c2C(=O)NC(=NCc2cc(Cl)c(NC(=O)CBr)c(Cl)c2)NC(=O)OC(C)(C)C)cc1. The number of aryl methyl sites for hydroxylation is 1. The highest BCUT2D eigenvalue weighted by molar-refractivity contribution is 9.09. The number of ether oxygens (including phenoxy) is 2. The van der Waals surface area contributed by atoms with Crippen molar-refractivity contribution in [3.63, 3.8) is 0 Å². The first-order valence-electron chi connectivity index (χ1n) is 12.1. The highest BCUT2D eigenvalue weighted by Crippen LogP contribution is 2.32. The molecule has 3 rings (SSSR count). The van der Waals surface area contributed by atoms with Crippen LogP contribution in [0.15, 0.2) is 41.4 Å². The van der Waals surface area contributed by atoms with Crippen molar-refractivity contribution in [2.24, 2.45) is 4.99 Å². The van der Waals surface area contributed by atoms with Crippen molar-refractivity contribution in [2.45, 2.75) is 39.8 Å². The van der Waals surface area contributed by atoms with E-state index in [0.29, 0.717) is 27.4 Å². The van der Waals surface area contributed by atoms with Crippen LogP contribution in [0.5, 0.6) is 5.75 Å². The number of carbonyl (C=O) groups is 3. The van der Waals surface area contributed by atoms with Crippen LogP contribution in [0.3, 0.4) is 0 Å². The molecule has 3 N–H and O–H groups in total. The summed E-state index contributed by atoms with van der Waals surface area (Å²) in [7, 11) is 1.57. The van der Waals surface area contributed by atoms with Crippen LogP contribution in [0.25, 0.3) is 11.3 Å². The van der Waals surface area contributed by atoms with Crippen molar-refractivity contribution >= 4 is 80.2 Å². The first-order valence-corrected chi connectivity index (χ1v) is 14.8. The summed E-state index contributed by atoms with van der Waals surface area (Å²) in [6, 6.07) is 10.3. The number of hydrogen-bond donors (Lipinski definition) is 3. The van der Waals surface area contributed by atoms with Gasteiger partial charge < -0.3 is 14.8 Å². The van der Waals surface area contributed by atoms with Crippen LogP contribution in [-0.4, -0.2) is 46.3 Å². The molecule has 1 heterocycles. The fraction of sp³-hybridized carbons (Fsp3) is 0.296. The molecule has 3 aromatic rings. The Labute approximate surface area is 260 Å². The molecule has 0 saturated heterocycles. The summed E-state index contributed by atoms with van der Waals surface area (Å²) in [5.41, 5.74) is 1.56. The summed E-state index contributed by atoms with van der Waals surface area (Å²) < 4.78 is 15.0. The Hall–Kier alpha value is -3.19. The summed E-state index contributed by atoms with van der Waals surface area (Å²) in [5, 5.41) is 8.25. The first kappa shape index (κ1) is 32.3. The Morgan fingerprint density at radius 2 is 1.71 bits per heavy atom. The van der Waals surface area contributed by atoms with Gasteiger partial charge in [-0.05, 0) is 81.2 Å². The summed E-state index contributed by atoms with van der Waals surface area (Å²) in [6.45, 7) is 6.89. The monoisotopic (exact) mass is 683 g/mol. The highest BCUT2D eigenvalue weighted by Gasteiger charge is 2.23. The van der Waals surface area contributed by atoms with E-state index in [4.69, 9.17) is 32.7 Å². The zero-order valence-corrected chi connectivity index (χ0v) is 26.8. The van der Waals surface area contributed by atoms with E-state index in [1.54, 1.807) is 71.2 Å². The van der Waals surface area contributed by atoms with Crippen LogP contribution < -0.4 is 20.7 Å². The standard InChI is InChI=1S/C27H28BrCl2N5O5S/c1-14-21(22(35-41-14)16-6-8-17(39-5)9-7-16)24(37)33-25(34-26(38)40-27(2,3)4)31-13-15-10-18(29)23(19(30)11-15)32-20(36)12-28/h6-11H,12-13H2,1-5H3,(H,32,36)(H2,31,33,34,37,38). The molecule has 0 atom stereocenters. The fourth-order valence-corrected chi connectivity index (χ4v) is 4.92. The predicted molar refractivity (Wildman–Crippen MR) is 166 cm³/mol. The molecular formula is C27H28BrCl2N5O5S. The lowest BCUT2D eigenvalue weighted by molar-refractivity contribution is -0.113. The molecular weight excluding hydrogens is 657 g/mol. The maximum atomic E-state index is 13.5. The average molecular weight is 685 g/mol. The smallest absolute Gasteiger partial charge is 0.414 e. The van der Waals surface area contributed by atoms with Gasteiger partial charge in [-0.15, -0.1) is 0 Å². The van der Waals surface area contributed by atoms with Gasteiger partial charge in [-0.3, -0.25) is 20.2 Å². The Morgan fingerprint density at radius 3 is 2.27 bits per heavy atom. The third kappa shape index (κ3) is 9.15. The minimum Gasteiger partial charge on any atom is -0.497 e. The molecule has 3 amide bonds. The zero-order valence-electron chi connectivity index (χ0n) is 22.9. The maximum Gasteiger partial charge on any atom is 0.414 e. The van der Waals surface area contributed by atoms with E-state index >= 15 is 0 Å². The summed E-state index contributed by atoms with van der Waals surface area (Å²) in [6.07, 6.45) is -0.809. The number of hydrogen-bond acceptors (Lipinski definition) is 8. The first-order chi connectivity index (χ1) is 19.3. The van der Waals surface area contributed by atoms with Gasteiger partial charge >= 0.3 is 6.09 Å². The normalized spacial score (nSPS) is 11.6. The van der Waals surface area contributed by atoms with Gasteiger partial charge in [0.1, 0.15) is 11.4 Å². The van der Waals surface area contributed by atoms with E-state index < -0.39 is 17.6 Å². The fourth-order valence-electron chi connectivity index (χ4n) is 3.45. The Balaban J connectivity index is 1.90. The molecule has 0 aliphatic carbocycles. The van der Waals surface area contributed by atoms with E-state index in [1.807, 2.05) is 0 Å². The number of guanidine groups is 1. The number of aliphatic imine (C=N–C) groups is 1. The molecule has 41 heavy (non-hydrogen) atoms. The molecule has 0 saturated carbocycles. The molecule has 14 heteroatoms. The van der Waals surface area contributed by atoms with Crippen LogP contribution in [0.2, 0.25) is 10.0 Å². The second-order valence-electron chi connectivity index (χ2n) is 9.55. The molecule has 0 unspecified atom stereocenters.